The van der Waals surface area contributed by atoms with Crippen molar-refractivity contribution in [2.45, 2.75) is 13.5 Å². The van der Waals surface area contributed by atoms with E-state index in [9.17, 15) is 4.79 Å². The summed E-state index contributed by atoms with van der Waals surface area (Å²) in [4.78, 5) is 12.6. The van der Waals surface area contributed by atoms with Gasteiger partial charge in [-0.2, -0.15) is 5.10 Å². The van der Waals surface area contributed by atoms with Gasteiger partial charge in [0.15, 0.2) is 0 Å². The summed E-state index contributed by atoms with van der Waals surface area (Å²) in [5, 5.41) is 4.92. The zero-order chi connectivity index (χ0) is 13.6. The number of hydrogen-bond acceptors (Lipinski definition) is 2. The van der Waals surface area contributed by atoms with Crippen LogP contribution in [0.2, 0.25) is 0 Å². The molecule has 5 heteroatoms. The Kier molecular flexibility index (Phi) is 2.82. The minimum Gasteiger partial charge on any atom is -0.336 e. The van der Waals surface area contributed by atoms with Crippen LogP contribution in [0.1, 0.15) is 5.56 Å². The number of hydrogen-bond donors (Lipinski definition) is 0. The number of fused-ring (bicyclic) bond motifs is 2. The molecule has 0 fully saturated rings. The molecule has 0 radical (unpaired) electrons. The summed E-state index contributed by atoms with van der Waals surface area (Å²) >= 11 is 5.89. The SMILES string of the molecule is Cc1ccc2c(c1)c(=O)c1c(cnn1C)n2CCCl. The van der Waals surface area contributed by atoms with Crippen molar-refractivity contribution >= 4 is 33.5 Å². The number of nitrogens with zero attached hydrogens (tertiary/aromatic N) is 3. The number of aryl methyl sites for hydroxylation is 3. The summed E-state index contributed by atoms with van der Waals surface area (Å²) in [7, 11) is 1.79. The van der Waals surface area contributed by atoms with E-state index < -0.39 is 0 Å². The molecule has 19 heavy (non-hydrogen) atoms. The zero-order valence-corrected chi connectivity index (χ0v) is 11.6. The van der Waals surface area contributed by atoms with E-state index in [1.54, 1.807) is 17.9 Å². The molecule has 3 aromatic rings. The standard InChI is InChI=1S/C14H14ClN3O/c1-9-3-4-11-10(7-9)14(19)13-12(8-16-17(13)2)18(11)6-5-15/h3-4,7-8H,5-6H2,1-2H3. The fourth-order valence-corrected chi connectivity index (χ4v) is 2.71. The summed E-state index contributed by atoms with van der Waals surface area (Å²) in [6.07, 6.45) is 1.72. The second-order valence-electron chi connectivity index (χ2n) is 4.69. The molecule has 0 atom stereocenters. The lowest BCUT2D eigenvalue weighted by Crippen LogP contribution is -2.13. The lowest BCUT2D eigenvalue weighted by atomic mass is 10.1. The number of halogens is 1. The van der Waals surface area contributed by atoms with Crippen LogP contribution in [0.3, 0.4) is 0 Å². The average molecular weight is 276 g/mol. The van der Waals surface area contributed by atoms with Crippen LogP contribution in [0, 0.1) is 6.92 Å². The highest BCUT2D eigenvalue weighted by molar-refractivity contribution is 6.17. The van der Waals surface area contributed by atoms with E-state index in [4.69, 9.17) is 11.6 Å². The Morgan fingerprint density at radius 1 is 1.32 bits per heavy atom. The number of benzene rings is 1. The third-order valence-electron chi connectivity index (χ3n) is 3.42. The van der Waals surface area contributed by atoms with E-state index in [2.05, 4.69) is 9.67 Å². The van der Waals surface area contributed by atoms with Crippen LogP contribution in [0.25, 0.3) is 21.9 Å². The number of rotatable bonds is 2. The summed E-state index contributed by atoms with van der Waals surface area (Å²) in [5.41, 5.74) is 3.48. The number of aromatic nitrogens is 3. The summed E-state index contributed by atoms with van der Waals surface area (Å²) in [6.45, 7) is 2.64. The molecule has 0 bridgehead atoms. The van der Waals surface area contributed by atoms with Gasteiger partial charge in [0.2, 0.25) is 5.43 Å². The van der Waals surface area contributed by atoms with E-state index in [1.165, 1.54) is 0 Å². The largest absolute Gasteiger partial charge is 0.336 e. The molecule has 0 aliphatic carbocycles. The summed E-state index contributed by atoms with van der Waals surface area (Å²) < 4.78 is 3.69. The van der Waals surface area contributed by atoms with Crippen molar-refractivity contribution in [3.8, 4) is 0 Å². The van der Waals surface area contributed by atoms with Gasteiger partial charge < -0.3 is 4.57 Å². The van der Waals surface area contributed by atoms with Gasteiger partial charge in [0.05, 0.1) is 17.2 Å². The van der Waals surface area contributed by atoms with Crippen LogP contribution >= 0.6 is 11.6 Å². The predicted molar refractivity (Wildman–Crippen MR) is 77.9 cm³/mol. The molecule has 0 unspecified atom stereocenters. The second-order valence-corrected chi connectivity index (χ2v) is 5.07. The smallest absolute Gasteiger partial charge is 0.215 e. The molecule has 0 aliphatic rings. The first-order valence-electron chi connectivity index (χ1n) is 6.14. The average Bonchev–Trinajstić information content (AvgIpc) is 2.77. The van der Waals surface area contributed by atoms with E-state index >= 15 is 0 Å². The minimum atomic E-state index is 0.0273. The number of pyridine rings is 1. The molecule has 2 aromatic heterocycles. The molecule has 0 aliphatic heterocycles. The highest BCUT2D eigenvalue weighted by Gasteiger charge is 2.13. The molecule has 2 heterocycles. The molecule has 1 aromatic carbocycles. The Hall–Kier alpha value is -1.81. The second kappa shape index (κ2) is 4.38. The van der Waals surface area contributed by atoms with Gasteiger partial charge in [0.1, 0.15) is 5.52 Å². The Bertz CT molecular complexity index is 832. The quantitative estimate of drug-likeness (QED) is 0.674. The van der Waals surface area contributed by atoms with E-state index in [0.717, 1.165) is 22.0 Å². The van der Waals surface area contributed by atoms with Gasteiger partial charge in [-0.3, -0.25) is 9.48 Å². The van der Waals surface area contributed by atoms with Crippen LogP contribution in [-0.2, 0) is 13.6 Å². The molecule has 3 rings (SSSR count). The maximum Gasteiger partial charge on any atom is 0.215 e. The third-order valence-corrected chi connectivity index (χ3v) is 3.59. The van der Waals surface area contributed by atoms with Crippen molar-refractivity contribution < 1.29 is 0 Å². The maximum atomic E-state index is 12.6. The van der Waals surface area contributed by atoms with Crippen LogP contribution in [0.4, 0.5) is 0 Å². The number of alkyl halides is 1. The Labute approximate surface area is 115 Å². The Morgan fingerprint density at radius 3 is 2.84 bits per heavy atom. The van der Waals surface area contributed by atoms with Crippen LogP contribution < -0.4 is 5.43 Å². The topological polar surface area (TPSA) is 39.8 Å². The fraction of sp³-hybridized carbons (Fsp3) is 0.286. The lowest BCUT2D eigenvalue weighted by molar-refractivity contribution is 0.794. The van der Waals surface area contributed by atoms with Gasteiger partial charge >= 0.3 is 0 Å². The van der Waals surface area contributed by atoms with Gasteiger partial charge in [0, 0.05) is 24.9 Å². The predicted octanol–water partition coefficient (Wildman–Crippen LogP) is 2.44. The van der Waals surface area contributed by atoms with Gasteiger partial charge in [0.25, 0.3) is 0 Å². The molecule has 0 saturated carbocycles. The molecular weight excluding hydrogens is 262 g/mol. The highest BCUT2D eigenvalue weighted by atomic mass is 35.5. The van der Waals surface area contributed by atoms with Crippen molar-refractivity contribution in [1.29, 1.82) is 0 Å². The van der Waals surface area contributed by atoms with Crippen molar-refractivity contribution in [2.24, 2.45) is 7.05 Å². The molecule has 0 amide bonds. The molecule has 4 nitrogen and oxygen atoms in total. The summed E-state index contributed by atoms with van der Waals surface area (Å²) in [6, 6.07) is 5.91. The van der Waals surface area contributed by atoms with E-state index in [-0.39, 0.29) is 5.43 Å². The first kappa shape index (κ1) is 12.2. The Morgan fingerprint density at radius 2 is 2.11 bits per heavy atom. The lowest BCUT2D eigenvalue weighted by Gasteiger charge is -2.12. The van der Waals surface area contributed by atoms with E-state index in [0.29, 0.717) is 17.9 Å². The third kappa shape index (κ3) is 1.75. The van der Waals surface area contributed by atoms with Crippen LogP contribution in [0.5, 0.6) is 0 Å². The zero-order valence-electron chi connectivity index (χ0n) is 10.9. The van der Waals surface area contributed by atoms with Crippen molar-refractivity contribution in [2.75, 3.05) is 5.88 Å². The maximum absolute atomic E-state index is 12.6. The Balaban J connectivity index is 2.59. The minimum absolute atomic E-state index is 0.0273. The van der Waals surface area contributed by atoms with Crippen molar-refractivity contribution in [3.63, 3.8) is 0 Å². The van der Waals surface area contributed by atoms with Gasteiger partial charge in [-0.1, -0.05) is 11.6 Å². The van der Waals surface area contributed by atoms with Gasteiger partial charge in [-0.05, 0) is 19.1 Å². The molecule has 98 valence electrons. The first-order valence-corrected chi connectivity index (χ1v) is 6.68. The highest BCUT2D eigenvalue weighted by Crippen LogP contribution is 2.19. The van der Waals surface area contributed by atoms with Crippen molar-refractivity contribution in [1.82, 2.24) is 14.3 Å². The van der Waals surface area contributed by atoms with Crippen molar-refractivity contribution in [3.05, 3.63) is 40.2 Å². The first-order chi connectivity index (χ1) is 9.13. The van der Waals surface area contributed by atoms with Gasteiger partial charge in [-0.25, -0.2) is 0 Å². The fourth-order valence-electron chi connectivity index (χ4n) is 2.54. The molecule has 0 N–H and O–H groups in total. The molecule has 0 saturated heterocycles. The van der Waals surface area contributed by atoms with Crippen LogP contribution in [0.15, 0.2) is 29.2 Å². The molecular formula is C14H14ClN3O. The monoisotopic (exact) mass is 275 g/mol. The molecule has 0 spiro atoms. The van der Waals surface area contributed by atoms with E-state index in [1.807, 2.05) is 25.1 Å². The van der Waals surface area contributed by atoms with Crippen LogP contribution in [-0.4, -0.2) is 20.2 Å². The van der Waals surface area contributed by atoms with Gasteiger partial charge in [-0.15, -0.1) is 11.6 Å². The normalized spacial score (nSPS) is 11.5. The summed E-state index contributed by atoms with van der Waals surface area (Å²) in [5.74, 6) is 0.496.